The minimum atomic E-state index is -0.464. The highest BCUT2D eigenvalue weighted by atomic mass is 127. The van der Waals surface area contributed by atoms with Gasteiger partial charge in [-0.2, -0.15) is 0 Å². The van der Waals surface area contributed by atoms with E-state index >= 15 is 0 Å². The minimum absolute atomic E-state index is 0. The van der Waals surface area contributed by atoms with Crippen molar-refractivity contribution in [3.63, 3.8) is 0 Å². The molecule has 0 atom stereocenters. The fraction of sp³-hybridized carbons (Fsp3) is 0.882. The molecule has 1 fully saturated rings. The van der Waals surface area contributed by atoms with Crippen LogP contribution in [0.5, 0.6) is 0 Å². The second-order valence-corrected chi connectivity index (χ2v) is 7.30. The van der Waals surface area contributed by atoms with Gasteiger partial charge in [-0.3, -0.25) is 4.99 Å². The van der Waals surface area contributed by atoms with Crippen LogP contribution < -0.4 is 10.6 Å². The number of hydrogen-bond donors (Lipinski definition) is 2. The zero-order valence-corrected chi connectivity index (χ0v) is 18.3. The predicted octanol–water partition coefficient (Wildman–Crippen LogP) is 3.36. The summed E-state index contributed by atoms with van der Waals surface area (Å²) < 4.78 is 5.47. The van der Waals surface area contributed by atoms with E-state index in [1.54, 1.807) is 4.90 Å². The van der Waals surface area contributed by atoms with Crippen molar-refractivity contribution in [3.05, 3.63) is 0 Å². The van der Waals surface area contributed by atoms with Gasteiger partial charge in [0.25, 0.3) is 0 Å². The van der Waals surface area contributed by atoms with Crippen LogP contribution in [0.1, 0.15) is 60.8 Å². The van der Waals surface area contributed by atoms with Crippen LogP contribution in [0.4, 0.5) is 4.79 Å². The maximum absolute atomic E-state index is 12.2. The number of guanidine groups is 1. The summed E-state index contributed by atoms with van der Waals surface area (Å²) in [7, 11) is 0. The highest BCUT2D eigenvalue weighted by Crippen LogP contribution is 2.18. The van der Waals surface area contributed by atoms with Crippen LogP contribution in [-0.2, 0) is 4.74 Å². The molecule has 0 spiro atoms. The molecule has 24 heavy (non-hydrogen) atoms. The van der Waals surface area contributed by atoms with Gasteiger partial charge < -0.3 is 20.3 Å². The molecular formula is C17H35IN4O2. The fourth-order valence-electron chi connectivity index (χ4n) is 2.05. The molecule has 1 amide bonds. The Morgan fingerprint density at radius 1 is 1.33 bits per heavy atom. The molecule has 7 heteroatoms. The minimum Gasteiger partial charge on any atom is -0.444 e. The highest BCUT2D eigenvalue weighted by molar-refractivity contribution is 14.0. The lowest BCUT2D eigenvalue weighted by atomic mass is 10.2. The average Bonchev–Trinajstić information content (AvgIpc) is 3.19. The van der Waals surface area contributed by atoms with Gasteiger partial charge in [-0.05, 0) is 60.8 Å². The zero-order valence-electron chi connectivity index (χ0n) is 16.0. The van der Waals surface area contributed by atoms with Crippen molar-refractivity contribution >= 4 is 36.0 Å². The Labute approximate surface area is 164 Å². The van der Waals surface area contributed by atoms with Crippen LogP contribution in [0.25, 0.3) is 0 Å². The van der Waals surface area contributed by atoms with E-state index in [-0.39, 0.29) is 36.1 Å². The number of amides is 1. The Morgan fingerprint density at radius 2 is 1.96 bits per heavy atom. The number of nitrogens with one attached hydrogen (secondary N) is 2. The Balaban J connectivity index is 0.00000529. The van der Waals surface area contributed by atoms with Gasteiger partial charge in [0, 0.05) is 31.7 Å². The van der Waals surface area contributed by atoms with Gasteiger partial charge in [-0.1, -0.05) is 0 Å². The van der Waals surface area contributed by atoms with Crippen LogP contribution in [0, 0.1) is 0 Å². The van der Waals surface area contributed by atoms with Crippen LogP contribution in [0.15, 0.2) is 4.99 Å². The standard InChI is InChI=1S/C17H34N4O2.HI/c1-7-18-15(20-14-9-10-14)19-11-8-12-21(13(2)3)16(22)23-17(4,5)6;/h13-14H,7-12H2,1-6H3,(H2,18,19,20);1H. The van der Waals surface area contributed by atoms with Crippen LogP contribution in [0.3, 0.4) is 0 Å². The number of carbonyl (C=O) groups excluding carboxylic acids is 1. The van der Waals surface area contributed by atoms with Gasteiger partial charge in [0.2, 0.25) is 0 Å². The molecule has 1 saturated carbocycles. The predicted molar refractivity (Wildman–Crippen MR) is 110 cm³/mol. The van der Waals surface area contributed by atoms with Crippen molar-refractivity contribution in [2.45, 2.75) is 78.5 Å². The number of ether oxygens (including phenoxy) is 1. The number of hydrogen-bond acceptors (Lipinski definition) is 3. The topological polar surface area (TPSA) is 66.0 Å². The average molecular weight is 454 g/mol. The Hall–Kier alpha value is -0.730. The number of halogens is 1. The maximum Gasteiger partial charge on any atom is 0.410 e. The van der Waals surface area contributed by atoms with Crippen molar-refractivity contribution in [1.82, 2.24) is 15.5 Å². The molecule has 0 saturated heterocycles. The molecule has 0 aromatic heterocycles. The van der Waals surface area contributed by atoms with Gasteiger partial charge >= 0.3 is 6.09 Å². The third kappa shape index (κ3) is 10.2. The summed E-state index contributed by atoms with van der Waals surface area (Å²) in [4.78, 5) is 18.6. The quantitative estimate of drug-likeness (QED) is 0.268. The van der Waals surface area contributed by atoms with E-state index in [1.165, 1.54) is 12.8 Å². The van der Waals surface area contributed by atoms with E-state index in [2.05, 4.69) is 22.5 Å². The van der Waals surface area contributed by atoms with Gasteiger partial charge in [-0.15, -0.1) is 24.0 Å². The van der Waals surface area contributed by atoms with Crippen LogP contribution >= 0.6 is 24.0 Å². The Bertz CT molecular complexity index is 404. The lowest BCUT2D eigenvalue weighted by Crippen LogP contribution is -2.42. The van der Waals surface area contributed by atoms with Crippen molar-refractivity contribution < 1.29 is 9.53 Å². The van der Waals surface area contributed by atoms with E-state index in [0.29, 0.717) is 19.1 Å². The van der Waals surface area contributed by atoms with Crippen molar-refractivity contribution in [2.75, 3.05) is 19.6 Å². The van der Waals surface area contributed by atoms with E-state index in [0.717, 1.165) is 18.9 Å². The summed E-state index contributed by atoms with van der Waals surface area (Å²) in [5, 5.41) is 6.64. The Kier molecular flexibility index (Phi) is 10.7. The SMILES string of the molecule is CCNC(=NCCCN(C(=O)OC(C)(C)C)C(C)C)NC1CC1.I. The molecule has 0 heterocycles. The van der Waals surface area contributed by atoms with E-state index in [4.69, 9.17) is 4.74 Å². The fourth-order valence-corrected chi connectivity index (χ4v) is 2.05. The van der Waals surface area contributed by atoms with Crippen LogP contribution in [0.2, 0.25) is 0 Å². The second kappa shape index (κ2) is 11.0. The first-order valence-corrected chi connectivity index (χ1v) is 8.77. The molecule has 1 aliphatic carbocycles. The lowest BCUT2D eigenvalue weighted by molar-refractivity contribution is 0.0190. The molecule has 0 aliphatic heterocycles. The molecule has 1 aliphatic rings. The number of nitrogens with zero attached hydrogens (tertiary/aromatic N) is 2. The summed E-state index contributed by atoms with van der Waals surface area (Å²) in [6, 6.07) is 0.702. The van der Waals surface area contributed by atoms with Gasteiger partial charge in [0.15, 0.2) is 5.96 Å². The molecule has 2 N–H and O–H groups in total. The number of carbonyl (C=O) groups is 1. The molecule has 6 nitrogen and oxygen atoms in total. The molecule has 0 radical (unpaired) electrons. The summed E-state index contributed by atoms with van der Waals surface area (Å²) in [6.07, 6.45) is 3.02. The number of rotatable bonds is 7. The maximum atomic E-state index is 12.2. The molecule has 0 unspecified atom stereocenters. The first-order chi connectivity index (χ1) is 10.7. The largest absolute Gasteiger partial charge is 0.444 e. The molecular weight excluding hydrogens is 419 g/mol. The Morgan fingerprint density at radius 3 is 2.42 bits per heavy atom. The third-order valence-electron chi connectivity index (χ3n) is 3.34. The normalized spacial score (nSPS) is 14.9. The molecule has 0 bridgehead atoms. The monoisotopic (exact) mass is 454 g/mol. The molecule has 0 aromatic rings. The van der Waals surface area contributed by atoms with Crippen molar-refractivity contribution in [2.24, 2.45) is 4.99 Å². The van der Waals surface area contributed by atoms with Crippen molar-refractivity contribution in [3.8, 4) is 0 Å². The lowest BCUT2D eigenvalue weighted by Gasteiger charge is -2.30. The van der Waals surface area contributed by atoms with Crippen molar-refractivity contribution in [1.29, 1.82) is 0 Å². The molecule has 0 aromatic carbocycles. The van der Waals surface area contributed by atoms with Crippen LogP contribution in [-0.4, -0.2) is 54.3 Å². The zero-order chi connectivity index (χ0) is 17.5. The molecule has 142 valence electrons. The van der Waals surface area contributed by atoms with E-state index < -0.39 is 5.60 Å². The first kappa shape index (κ1) is 23.3. The summed E-state index contributed by atoms with van der Waals surface area (Å²) in [5.74, 6) is 0.878. The van der Waals surface area contributed by atoms with Gasteiger partial charge in [0.05, 0.1) is 0 Å². The first-order valence-electron chi connectivity index (χ1n) is 8.77. The van der Waals surface area contributed by atoms with E-state index in [1.807, 2.05) is 34.6 Å². The smallest absolute Gasteiger partial charge is 0.410 e. The summed E-state index contributed by atoms with van der Waals surface area (Å²) >= 11 is 0. The highest BCUT2D eigenvalue weighted by Gasteiger charge is 2.24. The molecule has 1 rings (SSSR count). The van der Waals surface area contributed by atoms with Gasteiger partial charge in [0.1, 0.15) is 5.60 Å². The number of aliphatic imine (C=N–C) groups is 1. The van der Waals surface area contributed by atoms with Gasteiger partial charge in [-0.25, -0.2) is 4.79 Å². The summed E-state index contributed by atoms with van der Waals surface area (Å²) in [6.45, 7) is 13.9. The summed E-state index contributed by atoms with van der Waals surface area (Å²) in [5.41, 5.74) is -0.464. The third-order valence-corrected chi connectivity index (χ3v) is 3.34. The second-order valence-electron chi connectivity index (χ2n) is 7.30. The van der Waals surface area contributed by atoms with E-state index in [9.17, 15) is 4.79 Å².